The van der Waals surface area contributed by atoms with Crippen molar-refractivity contribution in [1.29, 1.82) is 0 Å². The summed E-state index contributed by atoms with van der Waals surface area (Å²) in [5, 5.41) is 12.8. The highest BCUT2D eigenvalue weighted by molar-refractivity contribution is 5.93. The number of hydrogen-bond donors (Lipinski definition) is 2. The maximum atomic E-state index is 11.5. The molecule has 5 heteroatoms. The van der Waals surface area contributed by atoms with Crippen LogP contribution in [0.2, 0.25) is 0 Å². The van der Waals surface area contributed by atoms with Crippen molar-refractivity contribution in [1.82, 2.24) is 9.88 Å². The Morgan fingerprint density at radius 2 is 2.03 bits per heavy atom. The highest BCUT2D eigenvalue weighted by Crippen LogP contribution is 2.38. The van der Waals surface area contributed by atoms with E-state index in [9.17, 15) is 9.90 Å². The Balaban J connectivity index is 1.63. The summed E-state index contributed by atoms with van der Waals surface area (Å²) in [7, 11) is 0. The fourth-order valence-corrected chi connectivity index (χ4v) is 4.32. The summed E-state index contributed by atoms with van der Waals surface area (Å²) in [5.41, 5.74) is 7.21. The highest BCUT2D eigenvalue weighted by Gasteiger charge is 2.32. The Morgan fingerprint density at radius 1 is 1.23 bits per heavy atom. The van der Waals surface area contributed by atoms with Crippen LogP contribution in [0.25, 0.3) is 11.1 Å². The van der Waals surface area contributed by atoms with Crippen LogP contribution in [0.4, 0.5) is 5.69 Å². The average molecular weight is 402 g/mol. The zero-order chi connectivity index (χ0) is 21.3. The van der Waals surface area contributed by atoms with E-state index in [4.69, 9.17) is 0 Å². The molecule has 2 heterocycles. The molecule has 1 aliphatic heterocycles. The maximum absolute atomic E-state index is 11.5. The van der Waals surface area contributed by atoms with E-state index in [1.807, 2.05) is 0 Å². The maximum Gasteiger partial charge on any atom is 0.337 e. The number of aromatic carboxylic acids is 1. The predicted octanol–water partition coefficient (Wildman–Crippen LogP) is 5.13. The van der Waals surface area contributed by atoms with Gasteiger partial charge in [0.25, 0.3) is 0 Å². The summed E-state index contributed by atoms with van der Waals surface area (Å²) in [4.78, 5) is 18.1. The van der Waals surface area contributed by atoms with E-state index in [-0.39, 0.29) is 11.6 Å². The standard InChI is InChI=1S/C25H27N3O2/c1-16(2)28-15-19-12-18(20-7-5-4-6-17(20)3)8-9-21(19)24(28)14-27-23-13-26-11-10-22(23)25(29)30/h4-13,16,24,27H,14-15H2,1-3H3,(H,29,30). The Morgan fingerprint density at radius 3 is 2.77 bits per heavy atom. The van der Waals surface area contributed by atoms with Crippen LogP contribution >= 0.6 is 0 Å². The number of carboxylic acids is 1. The van der Waals surface area contributed by atoms with Gasteiger partial charge < -0.3 is 10.4 Å². The van der Waals surface area contributed by atoms with Crippen LogP contribution in [-0.4, -0.2) is 33.5 Å². The Kier molecular flexibility index (Phi) is 5.55. The predicted molar refractivity (Wildman–Crippen MR) is 120 cm³/mol. The summed E-state index contributed by atoms with van der Waals surface area (Å²) in [6.07, 6.45) is 3.09. The molecule has 0 fully saturated rings. The number of fused-ring (bicyclic) bond motifs is 1. The molecule has 30 heavy (non-hydrogen) atoms. The third-order valence-electron chi connectivity index (χ3n) is 5.91. The molecule has 1 atom stereocenters. The number of rotatable bonds is 6. The molecule has 1 aliphatic rings. The lowest BCUT2D eigenvalue weighted by atomic mass is 9.95. The van der Waals surface area contributed by atoms with Crippen molar-refractivity contribution in [3.05, 3.63) is 83.2 Å². The Labute approximate surface area is 177 Å². The third-order valence-corrected chi connectivity index (χ3v) is 5.91. The largest absolute Gasteiger partial charge is 0.478 e. The Bertz CT molecular complexity index is 1080. The van der Waals surface area contributed by atoms with Crippen LogP contribution in [0.3, 0.4) is 0 Å². The lowest BCUT2D eigenvalue weighted by Crippen LogP contribution is -2.33. The second-order valence-corrected chi connectivity index (χ2v) is 8.12. The van der Waals surface area contributed by atoms with Crippen LogP contribution in [0, 0.1) is 6.92 Å². The molecule has 1 aromatic heterocycles. The van der Waals surface area contributed by atoms with Crippen molar-refractivity contribution in [2.24, 2.45) is 0 Å². The average Bonchev–Trinajstić information content (AvgIpc) is 3.11. The molecule has 4 rings (SSSR count). The van der Waals surface area contributed by atoms with E-state index in [1.54, 1.807) is 6.20 Å². The van der Waals surface area contributed by atoms with Crippen LogP contribution < -0.4 is 5.32 Å². The molecule has 3 aromatic rings. The van der Waals surface area contributed by atoms with Gasteiger partial charge in [-0.1, -0.05) is 36.4 Å². The topological polar surface area (TPSA) is 65.5 Å². The first-order valence-electron chi connectivity index (χ1n) is 10.3. The van der Waals surface area contributed by atoms with Crippen molar-refractivity contribution in [3.63, 3.8) is 0 Å². The fourth-order valence-electron chi connectivity index (χ4n) is 4.32. The van der Waals surface area contributed by atoms with Crippen LogP contribution in [0.1, 0.15) is 46.9 Å². The third kappa shape index (κ3) is 3.81. The van der Waals surface area contributed by atoms with Crippen molar-refractivity contribution in [2.75, 3.05) is 11.9 Å². The lowest BCUT2D eigenvalue weighted by molar-refractivity contribution is 0.0697. The second-order valence-electron chi connectivity index (χ2n) is 8.12. The minimum absolute atomic E-state index is 0.174. The number of aromatic nitrogens is 1. The molecule has 2 N–H and O–H groups in total. The van der Waals surface area contributed by atoms with Gasteiger partial charge in [-0.15, -0.1) is 0 Å². The van der Waals surface area contributed by atoms with E-state index in [0.717, 1.165) is 6.54 Å². The van der Waals surface area contributed by atoms with Gasteiger partial charge in [0, 0.05) is 25.3 Å². The van der Waals surface area contributed by atoms with Crippen LogP contribution in [0.5, 0.6) is 0 Å². The fraction of sp³-hybridized carbons (Fsp3) is 0.280. The summed E-state index contributed by atoms with van der Waals surface area (Å²) >= 11 is 0. The van der Waals surface area contributed by atoms with Crippen molar-refractivity contribution in [2.45, 2.75) is 39.4 Å². The number of benzene rings is 2. The summed E-state index contributed by atoms with van der Waals surface area (Å²) in [6, 6.07) is 17.3. The molecule has 0 spiro atoms. The molecule has 0 radical (unpaired) electrons. The van der Waals surface area contributed by atoms with Gasteiger partial charge in [-0.3, -0.25) is 9.88 Å². The zero-order valence-electron chi connectivity index (χ0n) is 17.6. The molecule has 1 unspecified atom stereocenters. The van der Waals surface area contributed by atoms with E-state index < -0.39 is 5.97 Å². The Hall–Kier alpha value is -3.18. The molecule has 0 saturated carbocycles. The minimum Gasteiger partial charge on any atom is -0.478 e. The number of anilines is 1. The number of pyridine rings is 1. The van der Waals surface area contributed by atoms with Gasteiger partial charge >= 0.3 is 5.97 Å². The smallest absolute Gasteiger partial charge is 0.337 e. The SMILES string of the molecule is Cc1ccccc1-c1ccc2c(c1)CN(C(C)C)C2CNc1cnccc1C(=O)O. The molecule has 0 bridgehead atoms. The van der Waals surface area contributed by atoms with Gasteiger partial charge in [-0.25, -0.2) is 4.79 Å². The molecule has 2 aromatic carbocycles. The van der Waals surface area contributed by atoms with E-state index in [0.29, 0.717) is 18.3 Å². The number of nitrogens with zero attached hydrogens (tertiary/aromatic N) is 2. The van der Waals surface area contributed by atoms with Crippen molar-refractivity contribution >= 4 is 11.7 Å². The zero-order valence-corrected chi connectivity index (χ0v) is 17.6. The molecule has 154 valence electrons. The minimum atomic E-state index is -0.949. The number of nitrogens with one attached hydrogen (secondary N) is 1. The van der Waals surface area contributed by atoms with E-state index in [2.05, 4.69) is 78.4 Å². The van der Waals surface area contributed by atoms with Crippen LogP contribution in [0.15, 0.2) is 60.9 Å². The first kappa shape index (κ1) is 20.1. The summed E-state index contributed by atoms with van der Waals surface area (Å²) < 4.78 is 0. The highest BCUT2D eigenvalue weighted by atomic mass is 16.4. The molecular weight excluding hydrogens is 374 g/mol. The number of carbonyl (C=O) groups is 1. The number of aryl methyl sites for hydroxylation is 1. The van der Waals surface area contributed by atoms with Gasteiger partial charge in [0.2, 0.25) is 0 Å². The van der Waals surface area contributed by atoms with Gasteiger partial charge in [0.1, 0.15) is 0 Å². The molecular formula is C25H27N3O2. The van der Waals surface area contributed by atoms with Gasteiger partial charge in [-0.05, 0) is 60.7 Å². The first-order valence-corrected chi connectivity index (χ1v) is 10.3. The summed E-state index contributed by atoms with van der Waals surface area (Å²) in [5.74, 6) is -0.949. The van der Waals surface area contributed by atoms with Gasteiger partial charge in [0.05, 0.1) is 23.5 Å². The summed E-state index contributed by atoms with van der Waals surface area (Å²) in [6.45, 7) is 8.06. The molecule has 0 saturated heterocycles. The van der Waals surface area contributed by atoms with Gasteiger partial charge in [-0.2, -0.15) is 0 Å². The monoisotopic (exact) mass is 401 g/mol. The lowest BCUT2D eigenvalue weighted by Gasteiger charge is -2.29. The molecule has 0 aliphatic carbocycles. The quantitative estimate of drug-likeness (QED) is 0.599. The van der Waals surface area contributed by atoms with E-state index >= 15 is 0 Å². The molecule has 5 nitrogen and oxygen atoms in total. The van der Waals surface area contributed by atoms with Crippen molar-refractivity contribution < 1.29 is 9.90 Å². The number of hydrogen-bond acceptors (Lipinski definition) is 4. The number of carboxylic acid groups (broad SMARTS) is 1. The first-order chi connectivity index (χ1) is 14.5. The molecule has 0 amide bonds. The van der Waals surface area contributed by atoms with E-state index in [1.165, 1.54) is 40.1 Å². The second kappa shape index (κ2) is 8.28. The van der Waals surface area contributed by atoms with Gasteiger partial charge in [0.15, 0.2) is 0 Å². The normalized spacial score (nSPS) is 15.9. The van der Waals surface area contributed by atoms with Crippen molar-refractivity contribution in [3.8, 4) is 11.1 Å². The van der Waals surface area contributed by atoms with Crippen LogP contribution in [-0.2, 0) is 6.54 Å².